The first-order valence-electron chi connectivity index (χ1n) is 16.5. The van der Waals surface area contributed by atoms with E-state index < -0.39 is 17.3 Å². The van der Waals surface area contributed by atoms with Crippen LogP contribution in [-0.2, 0) is 20.8 Å². The molecule has 2 aliphatic heterocycles. The van der Waals surface area contributed by atoms with Crippen LogP contribution in [0.25, 0.3) is 22.8 Å². The number of hydrogen-bond acceptors (Lipinski definition) is 7. The van der Waals surface area contributed by atoms with Crippen LogP contribution in [0.5, 0.6) is 0 Å². The van der Waals surface area contributed by atoms with Crippen molar-refractivity contribution in [3.63, 3.8) is 0 Å². The van der Waals surface area contributed by atoms with Gasteiger partial charge in [-0.05, 0) is 75.9 Å². The maximum atomic E-state index is 13.6. The molecule has 6 rings (SSSR count). The van der Waals surface area contributed by atoms with E-state index in [2.05, 4.69) is 4.98 Å². The van der Waals surface area contributed by atoms with E-state index >= 15 is 0 Å². The van der Waals surface area contributed by atoms with E-state index in [1.807, 2.05) is 82.3 Å². The van der Waals surface area contributed by atoms with Crippen molar-refractivity contribution in [3.8, 4) is 5.69 Å². The normalized spacial score (nSPS) is 19.8. The van der Waals surface area contributed by atoms with Crippen molar-refractivity contribution in [2.75, 3.05) is 26.2 Å². The van der Waals surface area contributed by atoms with Crippen LogP contribution in [0.1, 0.15) is 57.7 Å². The van der Waals surface area contributed by atoms with Gasteiger partial charge in [-0.15, -0.1) is 0 Å². The Labute approximate surface area is 290 Å². The van der Waals surface area contributed by atoms with Gasteiger partial charge >= 0.3 is 6.09 Å². The Kier molecular flexibility index (Phi) is 9.70. The molecule has 11 nitrogen and oxygen atoms in total. The molecule has 0 aliphatic carbocycles. The van der Waals surface area contributed by atoms with E-state index in [4.69, 9.17) is 21.1 Å². The molecule has 2 aromatic heterocycles. The number of aromatic nitrogens is 3. The van der Waals surface area contributed by atoms with Gasteiger partial charge in [0.05, 0.1) is 42.8 Å². The number of hydrogen-bond donors (Lipinski definition) is 1. The largest absolute Gasteiger partial charge is 0.444 e. The number of benzene rings is 2. The SMILES string of the molecule is C[C@H]1CN(C(=O)OC(C)(C)C)[C@H](c2ccc(-n3c(Cl)cc4c(=O)n(CC5(O)CCN(C(=O)C=Cc6ccccc6)CC5)cnc43)cc2)CO1. The Hall–Kier alpha value is -4.45. The van der Waals surface area contributed by atoms with Gasteiger partial charge in [0.1, 0.15) is 17.1 Å². The highest BCUT2D eigenvalue weighted by Gasteiger charge is 2.36. The maximum absolute atomic E-state index is 13.6. The van der Waals surface area contributed by atoms with E-state index in [1.54, 1.807) is 32.6 Å². The fourth-order valence-electron chi connectivity index (χ4n) is 6.35. The topological polar surface area (TPSA) is 119 Å². The molecule has 2 saturated heterocycles. The molecule has 1 N–H and O–H groups in total. The molecule has 12 heteroatoms. The van der Waals surface area contributed by atoms with E-state index in [9.17, 15) is 19.5 Å². The lowest BCUT2D eigenvalue weighted by Gasteiger charge is -2.39. The summed E-state index contributed by atoms with van der Waals surface area (Å²) in [5.74, 6) is -0.114. The molecule has 2 aliphatic rings. The molecule has 0 bridgehead atoms. The molecular formula is C37H42ClN5O6. The van der Waals surface area contributed by atoms with Crippen molar-refractivity contribution in [1.82, 2.24) is 23.9 Å². The van der Waals surface area contributed by atoms with E-state index in [-0.39, 0.29) is 30.2 Å². The Morgan fingerprint density at radius 2 is 1.80 bits per heavy atom. The summed E-state index contributed by atoms with van der Waals surface area (Å²) < 4.78 is 14.7. The number of rotatable bonds is 6. The van der Waals surface area contributed by atoms with Gasteiger partial charge < -0.3 is 19.5 Å². The molecule has 2 aromatic carbocycles. The minimum atomic E-state index is -1.17. The second-order valence-electron chi connectivity index (χ2n) is 13.9. The highest BCUT2D eigenvalue weighted by Crippen LogP contribution is 2.31. The number of carbonyl (C=O) groups is 2. The van der Waals surface area contributed by atoms with Gasteiger partial charge in [-0.3, -0.25) is 23.6 Å². The molecule has 4 aromatic rings. The van der Waals surface area contributed by atoms with Crippen molar-refractivity contribution in [1.29, 1.82) is 0 Å². The number of nitrogens with zero attached hydrogens (tertiary/aromatic N) is 5. The third-order valence-corrected chi connectivity index (χ3v) is 9.24. The van der Waals surface area contributed by atoms with Gasteiger partial charge in [-0.1, -0.05) is 54.1 Å². The quantitative estimate of drug-likeness (QED) is 0.262. The van der Waals surface area contributed by atoms with Crippen LogP contribution in [-0.4, -0.2) is 84.6 Å². The molecule has 0 saturated carbocycles. The van der Waals surface area contributed by atoms with Crippen molar-refractivity contribution < 1.29 is 24.2 Å². The number of amides is 2. The van der Waals surface area contributed by atoms with Crippen LogP contribution in [0.4, 0.5) is 4.79 Å². The molecular weight excluding hydrogens is 646 g/mol. The van der Waals surface area contributed by atoms with Crippen molar-refractivity contribution in [2.45, 2.75) is 70.4 Å². The minimum Gasteiger partial charge on any atom is -0.444 e. The summed E-state index contributed by atoms with van der Waals surface area (Å²) in [6.07, 6.45) is 4.91. The number of carbonyl (C=O) groups excluding carboxylic acids is 2. The Balaban J connectivity index is 1.16. The predicted molar refractivity (Wildman–Crippen MR) is 188 cm³/mol. The van der Waals surface area contributed by atoms with Gasteiger partial charge in [0.2, 0.25) is 5.91 Å². The molecule has 2 atom stereocenters. The van der Waals surface area contributed by atoms with Crippen molar-refractivity contribution in [2.24, 2.45) is 0 Å². The van der Waals surface area contributed by atoms with Gasteiger partial charge in [0.15, 0.2) is 5.65 Å². The predicted octanol–water partition coefficient (Wildman–Crippen LogP) is 5.60. The molecule has 0 radical (unpaired) electrons. The maximum Gasteiger partial charge on any atom is 0.410 e. The fourth-order valence-corrected chi connectivity index (χ4v) is 6.63. The van der Waals surface area contributed by atoms with Crippen LogP contribution in [0.2, 0.25) is 5.15 Å². The summed E-state index contributed by atoms with van der Waals surface area (Å²) in [4.78, 5) is 47.4. The number of ether oxygens (including phenoxy) is 2. The van der Waals surface area contributed by atoms with Gasteiger partial charge in [0.25, 0.3) is 5.56 Å². The van der Waals surface area contributed by atoms with Gasteiger partial charge in [-0.25, -0.2) is 9.78 Å². The van der Waals surface area contributed by atoms with Crippen molar-refractivity contribution in [3.05, 3.63) is 99.7 Å². The number of piperidine rings is 1. The van der Waals surface area contributed by atoms with Crippen molar-refractivity contribution >= 4 is 40.7 Å². The average Bonchev–Trinajstić information content (AvgIpc) is 3.41. The number of morpholine rings is 1. The monoisotopic (exact) mass is 687 g/mol. The zero-order chi connectivity index (χ0) is 34.9. The minimum absolute atomic E-state index is 0.0460. The molecule has 0 spiro atoms. The lowest BCUT2D eigenvalue weighted by Crippen LogP contribution is -2.49. The Morgan fingerprint density at radius 3 is 2.47 bits per heavy atom. The number of fused-ring (bicyclic) bond motifs is 1. The number of likely N-dealkylation sites (tertiary alicyclic amines) is 1. The van der Waals surface area contributed by atoms with Crippen LogP contribution < -0.4 is 5.56 Å². The summed E-state index contributed by atoms with van der Waals surface area (Å²) in [7, 11) is 0. The smallest absolute Gasteiger partial charge is 0.410 e. The Bertz CT molecular complexity index is 1910. The lowest BCUT2D eigenvalue weighted by atomic mass is 9.91. The first kappa shape index (κ1) is 34.4. The fraction of sp³-hybridized carbons (Fsp3) is 0.405. The summed E-state index contributed by atoms with van der Waals surface area (Å²) in [5.41, 5.74) is 0.782. The zero-order valence-electron chi connectivity index (χ0n) is 28.2. The summed E-state index contributed by atoms with van der Waals surface area (Å²) in [6.45, 7) is 8.98. The van der Waals surface area contributed by atoms with E-state index in [0.29, 0.717) is 61.0 Å². The van der Waals surface area contributed by atoms with Crippen LogP contribution >= 0.6 is 11.6 Å². The number of aliphatic hydroxyl groups is 1. The first-order chi connectivity index (χ1) is 23.3. The van der Waals surface area contributed by atoms with Crippen LogP contribution in [0, 0.1) is 0 Å². The third-order valence-electron chi connectivity index (χ3n) is 8.96. The molecule has 0 unspecified atom stereocenters. The first-order valence-corrected chi connectivity index (χ1v) is 16.9. The molecule has 4 heterocycles. The Morgan fingerprint density at radius 1 is 1.10 bits per heavy atom. The van der Waals surface area contributed by atoms with Gasteiger partial charge in [-0.2, -0.15) is 0 Å². The van der Waals surface area contributed by atoms with E-state index in [1.165, 1.54) is 10.9 Å². The van der Waals surface area contributed by atoms with Crippen LogP contribution in [0.15, 0.2) is 77.9 Å². The summed E-state index contributed by atoms with van der Waals surface area (Å²) in [6, 6.07) is 18.4. The molecule has 2 fully saturated rings. The third kappa shape index (κ3) is 7.74. The lowest BCUT2D eigenvalue weighted by molar-refractivity contribution is -0.130. The highest BCUT2D eigenvalue weighted by atomic mass is 35.5. The average molecular weight is 688 g/mol. The van der Waals surface area contributed by atoms with Gasteiger partial charge in [0, 0.05) is 24.9 Å². The van der Waals surface area contributed by atoms with E-state index in [0.717, 1.165) is 11.1 Å². The molecule has 2 amide bonds. The molecule has 49 heavy (non-hydrogen) atoms. The summed E-state index contributed by atoms with van der Waals surface area (Å²) in [5, 5.41) is 12.0. The standard InChI is InChI=1S/C37H42ClN5O6/c1-25-21-42(35(46)49-36(2,3)4)30(22-48-25)27-11-13-28(14-12-27)43-31(38)20-29-33(43)39-24-41(34(29)45)23-37(47)16-18-40(19-17-37)32(44)15-10-26-8-6-5-7-9-26/h5-15,20,24-25,30,47H,16-19,21-23H2,1-4H3/t25-,30-/m0/s1. The summed E-state index contributed by atoms with van der Waals surface area (Å²) >= 11 is 6.68. The second-order valence-corrected chi connectivity index (χ2v) is 14.3. The molecule has 258 valence electrons. The zero-order valence-corrected chi connectivity index (χ0v) is 29.0. The van der Waals surface area contributed by atoms with Crippen LogP contribution in [0.3, 0.4) is 0 Å². The highest BCUT2D eigenvalue weighted by molar-refractivity contribution is 6.31. The second kappa shape index (κ2) is 13.8. The number of halogens is 1.